The number of aryl methyl sites for hydroxylation is 2. The number of likely N-dealkylation sites (N-methyl/N-ethyl adjacent to an activating group) is 1. The molecule has 0 saturated carbocycles. The summed E-state index contributed by atoms with van der Waals surface area (Å²) in [6.45, 7) is 4.20. The Morgan fingerprint density at radius 3 is 2.38 bits per heavy atom. The van der Waals surface area contributed by atoms with E-state index >= 15 is 0 Å². The lowest BCUT2D eigenvalue weighted by atomic mass is 10.1. The van der Waals surface area contributed by atoms with Crippen LogP contribution in [0.5, 0.6) is 11.5 Å². The van der Waals surface area contributed by atoms with Gasteiger partial charge in [-0.15, -0.1) is 0 Å². The van der Waals surface area contributed by atoms with Crippen molar-refractivity contribution in [3.63, 3.8) is 0 Å². The van der Waals surface area contributed by atoms with E-state index < -0.39 is 5.97 Å². The predicted octanol–water partition coefficient (Wildman–Crippen LogP) is 3.54. The van der Waals surface area contributed by atoms with Crippen LogP contribution in [0.3, 0.4) is 0 Å². The third kappa shape index (κ3) is 6.38. The second-order valence-corrected chi connectivity index (χ2v) is 6.74. The van der Waals surface area contributed by atoms with Crippen LogP contribution < -0.4 is 9.47 Å². The molecule has 2 rings (SSSR count). The van der Waals surface area contributed by atoms with E-state index in [2.05, 4.69) is 6.07 Å². The van der Waals surface area contributed by atoms with Crippen LogP contribution in [-0.4, -0.2) is 44.7 Å². The van der Waals surface area contributed by atoms with Gasteiger partial charge in [0.15, 0.2) is 18.1 Å². The maximum atomic E-state index is 12.3. The predicted molar refractivity (Wildman–Crippen MR) is 112 cm³/mol. The molecule has 0 spiro atoms. The van der Waals surface area contributed by atoms with Crippen molar-refractivity contribution >= 4 is 18.0 Å². The zero-order chi connectivity index (χ0) is 21.4. The first-order valence-corrected chi connectivity index (χ1v) is 9.21. The molecule has 154 valence electrons. The maximum Gasteiger partial charge on any atom is 0.331 e. The van der Waals surface area contributed by atoms with E-state index in [0.717, 1.165) is 16.7 Å². The molecule has 0 radical (unpaired) electrons. The Balaban J connectivity index is 1.87. The van der Waals surface area contributed by atoms with E-state index in [1.165, 1.54) is 11.6 Å². The van der Waals surface area contributed by atoms with E-state index in [1.54, 1.807) is 50.4 Å². The van der Waals surface area contributed by atoms with E-state index in [0.29, 0.717) is 18.0 Å². The summed E-state index contributed by atoms with van der Waals surface area (Å²) in [5, 5.41) is 0. The lowest BCUT2D eigenvalue weighted by molar-refractivity contribution is -0.147. The van der Waals surface area contributed by atoms with Gasteiger partial charge in [-0.2, -0.15) is 0 Å². The summed E-state index contributed by atoms with van der Waals surface area (Å²) in [6.07, 6.45) is 2.87. The smallest absolute Gasteiger partial charge is 0.331 e. The molecule has 0 fully saturated rings. The summed E-state index contributed by atoms with van der Waals surface area (Å²) in [7, 11) is 4.79. The largest absolute Gasteiger partial charge is 0.493 e. The van der Waals surface area contributed by atoms with Crippen molar-refractivity contribution in [2.45, 2.75) is 20.4 Å². The van der Waals surface area contributed by atoms with Crippen LogP contribution in [0.2, 0.25) is 0 Å². The van der Waals surface area contributed by atoms with Crippen molar-refractivity contribution in [2.75, 3.05) is 27.9 Å². The second-order valence-electron chi connectivity index (χ2n) is 6.74. The van der Waals surface area contributed by atoms with Crippen molar-refractivity contribution in [1.29, 1.82) is 0 Å². The molecule has 0 aliphatic rings. The minimum absolute atomic E-state index is 0.266. The average molecular weight is 397 g/mol. The number of hydrogen-bond donors (Lipinski definition) is 0. The van der Waals surface area contributed by atoms with Gasteiger partial charge in [-0.1, -0.05) is 29.8 Å². The molecule has 29 heavy (non-hydrogen) atoms. The van der Waals surface area contributed by atoms with Gasteiger partial charge in [0.05, 0.1) is 14.2 Å². The first-order chi connectivity index (χ1) is 13.8. The Hall–Kier alpha value is -3.28. The number of hydrogen-bond acceptors (Lipinski definition) is 5. The number of esters is 1. The van der Waals surface area contributed by atoms with Gasteiger partial charge >= 0.3 is 5.97 Å². The molecule has 0 N–H and O–H groups in total. The summed E-state index contributed by atoms with van der Waals surface area (Å²) in [5.41, 5.74) is 4.11. The van der Waals surface area contributed by atoms with Crippen LogP contribution in [0.15, 0.2) is 42.5 Å². The van der Waals surface area contributed by atoms with E-state index in [4.69, 9.17) is 14.2 Å². The Morgan fingerprint density at radius 1 is 1.00 bits per heavy atom. The molecule has 0 atom stereocenters. The monoisotopic (exact) mass is 397 g/mol. The number of rotatable bonds is 8. The zero-order valence-electron chi connectivity index (χ0n) is 17.5. The molecule has 0 unspecified atom stereocenters. The van der Waals surface area contributed by atoms with Gasteiger partial charge in [0.1, 0.15) is 0 Å². The topological polar surface area (TPSA) is 65.1 Å². The van der Waals surface area contributed by atoms with Crippen LogP contribution >= 0.6 is 0 Å². The van der Waals surface area contributed by atoms with Crippen LogP contribution in [0.4, 0.5) is 0 Å². The number of ether oxygens (including phenoxy) is 3. The first kappa shape index (κ1) is 22.0. The zero-order valence-corrected chi connectivity index (χ0v) is 17.5. The van der Waals surface area contributed by atoms with E-state index in [-0.39, 0.29) is 12.5 Å². The molecule has 6 nitrogen and oxygen atoms in total. The van der Waals surface area contributed by atoms with E-state index in [1.807, 2.05) is 26.0 Å². The van der Waals surface area contributed by atoms with Crippen molar-refractivity contribution < 1.29 is 23.8 Å². The number of carbonyl (C=O) groups excluding carboxylic acids is 2. The third-order valence-electron chi connectivity index (χ3n) is 4.49. The van der Waals surface area contributed by atoms with Crippen LogP contribution in [-0.2, 0) is 20.9 Å². The van der Waals surface area contributed by atoms with Crippen molar-refractivity contribution in [3.05, 3.63) is 64.7 Å². The molecule has 0 bridgehead atoms. The van der Waals surface area contributed by atoms with Gasteiger partial charge in [0, 0.05) is 19.7 Å². The van der Waals surface area contributed by atoms with Crippen molar-refractivity contribution in [3.8, 4) is 11.5 Å². The van der Waals surface area contributed by atoms with Gasteiger partial charge in [-0.25, -0.2) is 4.79 Å². The molecule has 0 saturated heterocycles. The number of nitrogens with zero attached hydrogens (tertiary/aromatic N) is 1. The summed E-state index contributed by atoms with van der Waals surface area (Å²) in [5.74, 6) is 0.307. The van der Waals surface area contributed by atoms with Gasteiger partial charge in [0.2, 0.25) is 0 Å². The lowest BCUT2D eigenvalue weighted by Gasteiger charge is -2.18. The lowest BCUT2D eigenvalue weighted by Crippen LogP contribution is -2.30. The Kier molecular flexibility index (Phi) is 7.83. The number of benzene rings is 2. The van der Waals surface area contributed by atoms with Crippen LogP contribution in [0, 0.1) is 13.8 Å². The molecule has 0 aromatic heterocycles. The Bertz CT molecular complexity index is 904. The molecule has 0 aliphatic heterocycles. The van der Waals surface area contributed by atoms with Gasteiger partial charge in [-0.3, -0.25) is 4.79 Å². The van der Waals surface area contributed by atoms with Crippen molar-refractivity contribution in [2.24, 2.45) is 0 Å². The van der Waals surface area contributed by atoms with Crippen molar-refractivity contribution in [1.82, 2.24) is 4.90 Å². The minimum Gasteiger partial charge on any atom is -0.493 e. The fraction of sp³-hybridized carbons (Fsp3) is 0.304. The molecule has 6 heteroatoms. The normalized spacial score (nSPS) is 10.7. The molecule has 0 aliphatic carbocycles. The summed E-state index contributed by atoms with van der Waals surface area (Å²) >= 11 is 0. The highest BCUT2D eigenvalue weighted by Gasteiger charge is 2.12. The second kappa shape index (κ2) is 10.3. The van der Waals surface area contributed by atoms with Gasteiger partial charge in [0.25, 0.3) is 5.91 Å². The first-order valence-electron chi connectivity index (χ1n) is 9.21. The molecule has 0 heterocycles. The quantitative estimate of drug-likeness (QED) is 0.504. The number of methoxy groups -OCH3 is 2. The summed E-state index contributed by atoms with van der Waals surface area (Å²) in [4.78, 5) is 25.7. The van der Waals surface area contributed by atoms with E-state index in [9.17, 15) is 9.59 Å². The molecule has 2 aromatic carbocycles. The standard InChI is InChI=1S/C23H27NO5/c1-16-6-9-19(17(2)12-16)14-24(3)22(25)15-29-23(26)11-8-18-7-10-20(27-4)21(13-18)28-5/h6-13H,14-15H2,1-5H3/b11-8+. The highest BCUT2D eigenvalue weighted by atomic mass is 16.5. The Labute approximate surface area is 171 Å². The van der Waals surface area contributed by atoms with Crippen LogP contribution in [0.1, 0.15) is 22.3 Å². The maximum absolute atomic E-state index is 12.3. The summed E-state index contributed by atoms with van der Waals surface area (Å²) in [6, 6.07) is 11.4. The Morgan fingerprint density at radius 2 is 1.72 bits per heavy atom. The fourth-order valence-corrected chi connectivity index (χ4v) is 2.78. The minimum atomic E-state index is -0.590. The molecule has 1 amide bonds. The van der Waals surface area contributed by atoms with Gasteiger partial charge < -0.3 is 19.1 Å². The molecular formula is C23H27NO5. The highest BCUT2D eigenvalue weighted by molar-refractivity contribution is 5.89. The SMILES string of the molecule is COc1ccc(/C=C/C(=O)OCC(=O)N(C)Cc2ccc(C)cc2C)cc1OC. The fourth-order valence-electron chi connectivity index (χ4n) is 2.78. The highest BCUT2D eigenvalue weighted by Crippen LogP contribution is 2.27. The van der Waals surface area contributed by atoms with Crippen LogP contribution in [0.25, 0.3) is 6.08 Å². The molecule has 2 aromatic rings. The van der Waals surface area contributed by atoms with Gasteiger partial charge in [-0.05, 0) is 48.7 Å². The average Bonchev–Trinajstić information content (AvgIpc) is 2.71. The number of carbonyl (C=O) groups is 2. The number of amides is 1. The summed E-state index contributed by atoms with van der Waals surface area (Å²) < 4.78 is 15.5. The molecular weight excluding hydrogens is 370 g/mol. The third-order valence-corrected chi connectivity index (χ3v) is 4.49.